The lowest BCUT2D eigenvalue weighted by Gasteiger charge is -2.39. The first-order valence-electron chi connectivity index (χ1n) is 5.26. The lowest BCUT2D eigenvalue weighted by atomic mass is 9.66. The van der Waals surface area contributed by atoms with Gasteiger partial charge >= 0.3 is 0 Å². The Bertz CT molecular complexity index is 288. The van der Waals surface area contributed by atoms with Crippen molar-refractivity contribution in [1.82, 2.24) is 0 Å². The normalized spacial score (nSPS) is 27.2. The molecule has 14 heavy (non-hydrogen) atoms. The molecular formula is C13H20O. The molecule has 1 unspecified atom stereocenters. The van der Waals surface area contributed by atoms with Gasteiger partial charge in [0.2, 0.25) is 0 Å². The number of aliphatic hydroxyl groups is 1. The van der Waals surface area contributed by atoms with Gasteiger partial charge in [-0.15, -0.1) is 5.92 Å². The van der Waals surface area contributed by atoms with Crippen LogP contribution in [0.25, 0.3) is 0 Å². The Morgan fingerprint density at radius 3 is 2.71 bits per heavy atom. The SMILES string of the molecule is CC#CC(O)[C@@H]1C(C)=CCCC1(C)C. The summed E-state index contributed by atoms with van der Waals surface area (Å²) in [5, 5.41) is 9.97. The summed E-state index contributed by atoms with van der Waals surface area (Å²) in [6.45, 7) is 8.31. The number of hydrogen-bond acceptors (Lipinski definition) is 1. The van der Waals surface area contributed by atoms with Crippen LogP contribution in [-0.2, 0) is 0 Å². The van der Waals surface area contributed by atoms with Crippen molar-refractivity contribution in [3.8, 4) is 11.8 Å². The van der Waals surface area contributed by atoms with Gasteiger partial charge in [0.05, 0.1) is 0 Å². The van der Waals surface area contributed by atoms with E-state index < -0.39 is 6.10 Å². The van der Waals surface area contributed by atoms with Crippen molar-refractivity contribution in [3.05, 3.63) is 11.6 Å². The quantitative estimate of drug-likeness (QED) is 0.500. The Kier molecular flexibility index (Phi) is 3.39. The smallest absolute Gasteiger partial charge is 0.121 e. The molecule has 1 heteroatoms. The first kappa shape index (κ1) is 11.3. The Hall–Kier alpha value is -0.740. The Morgan fingerprint density at radius 2 is 2.21 bits per heavy atom. The minimum absolute atomic E-state index is 0.169. The molecule has 1 rings (SSSR count). The molecule has 1 aliphatic carbocycles. The summed E-state index contributed by atoms with van der Waals surface area (Å²) in [4.78, 5) is 0. The molecule has 0 saturated heterocycles. The van der Waals surface area contributed by atoms with E-state index in [0.717, 1.165) is 12.8 Å². The summed E-state index contributed by atoms with van der Waals surface area (Å²) in [5.41, 5.74) is 1.46. The van der Waals surface area contributed by atoms with Gasteiger partial charge in [-0.05, 0) is 32.1 Å². The van der Waals surface area contributed by atoms with Crippen LogP contribution in [-0.4, -0.2) is 11.2 Å². The van der Waals surface area contributed by atoms with Gasteiger partial charge in [-0.2, -0.15) is 0 Å². The van der Waals surface area contributed by atoms with E-state index in [0.29, 0.717) is 0 Å². The maximum absolute atomic E-state index is 9.97. The maximum Gasteiger partial charge on any atom is 0.121 e. The van der Waals surface area contributed by atoms with Crippen LogP contribution in [0.3, 0.4) is 0 Å². The third-order valence-corrected chi connectivity index (χ3v) is 3.20. The summed E-state index contributed by atoms with van der Waals surface area (Å²) < 4.78 is 0. The van der Waals surface area contributed by atoms with E-state index >= 15 is 0 Å². The number of allylic oxidation sites excluding steroid dienone is 1. The Labute approximate surface area is 87.2 Å². The molecule has 0 aliphatic heterocycles. The second kappa shape index (κ2) is 4.19. The molecule has 1 nitrogen and oxygen atoms in total. The molecule has 0 aromatic carbocycles. The first-order chi connectivity index (χ1) is 6.49. The highest BCUT2D eigenvalue weighted by atomic mass is 16.3. The van der Waals surface area contributed by atoms with Crippen molar-refractivity contribution in [2.24, 2.45) is 11.3 Å². The third-order valence-electron chi connectivity index (χ3n) is 3.20. The van der Waals surface area contributed by atoms with Crippen LogP contribution in [0.2, 0.25) is 0 Å². The molecule has 0 radical (unpaired) electrons. The van der Waals surface area contributed by atoms with Crippen molar-refractivity contribution in [2.75, 3.05) is 0 Å². The van der Waals surface area contributed by atoms with Crippen molar-refractivity contribution in [3.63, 3.8) is 0 Å². The number of rotatable bonds is 1. The van der Waals surface area contributed by atoms with E-state index in [1.807, 2.05) is 0 Å². The topological polar surface area (TPSA) is 20.2 Å². The van der Waals surface area contributed by atoms with E-state index in [-0.39, 0.29) is 11.3 Å². The van der Waals surface area contributed by atoms with E-state index in [9.17, 15) is 5.11 Å². The van der Waals surface area contributed by atoms with Crippen molar-refractivity contribution in [2.45, 2.75) is 46.6 Å². The van der Waals surface area contributed by atoms with E-state index in [4.69, 9.17) is 0 Å². The van der Waals surface area contributed by atoms with Crippen molar-refractivity contribution >= 4 is 0 Å². The highest BCUT2D eigenvalue weighted by molar-refractivity contribution is 5.20. The fourth-order valence-electron chi connectivity index (χ4n) is 2.48. The standard InChI is InChI=1S/C13H20O/c1-5-7-11(14)12-10(2)8-6-9-13(12,3)4/h8,11-12,14H,6,9H2,1-4H3/t11?,12-/m0/s1. The average molecular weight is 192 g/mol. The van der Waals surface area contributed by atoms with Crippen LogP contribution in [0.4, 0.5) is 0 Å². The summed E-state index contributed by atoms with van der Waals surface area (Å²) >= 11 is 0. The molecule has 0 spiro atoms. The summed E-state index contributed by atoms with van der Waals surface area (Å²) in [7, 11) is 0. The van der Waals surface area contributed by atoms with Gasteiger partial charge in [-0.1, -0.05) is 31.4 Å². The Balaban J connectivity index is 2.94. The second-order valence-corrected chi connectivity index (χ2v) is 4.79. The number of aliphatic hydroxyl groups excluding tert-OH is 1. The predicted molar refractivity (Wildman–Crippen MR) is 59.7 cm³/mol. The van der Waals surface area contributed by atoms with Crippen LogP contribution in [0.5, 0.6) is 0 Å². The molecule has 0 aromatic rings. The largest absolute Gasteiger partial charge is 0.380 e. The van der Waals surface area contributed by atoms with Gasteiger partial charge in [-0.3, -0.25) is 0 Å². The molecular weight excluding hydrogens is 172 g/mol. The fourth-order valence-corrected chi connectivity index (χ4v) is 2.48. The maximum atomic E-state index is 9.97. The zero-order valence-corrected chi connectivity index (χ0v) is 9.59. The average Bonchev–Trinajstić information content (AvgIpc) is 2.02. The van der Waals surface area contributed by atoms with E-state index in [1.165, 1.54) is 5.57 Å². The van der Waals surface area contributed by atoms with Crippen molar-refractivity contribution in [1.29, 1.82) is 0 Å². The van der Waals surface area contributed by atoms with Gasteiger partial charge in [0.1, 0.15) is 6.10 Å². The monoisotopic (exact) mass is 192 g/mol. The molecule has 1 aliphatic rings. The zero-order valence-electron chi connectivity index (χ0n) is 9.59. The minimum Gasteiger partial charge on any atom is -0.380 e. The van der Waals surface area contributed by atoms with Crippen LogP contribution >= 0.6 is 0 Å². The predicted octanol–water partition coefficient (Wildman–Crippen LogP) is 2.75. The molecule has 78 valence electrons. The molecule has 2 atom stereocenters. The fraction of sp³-hybridized carbons (Fsp3) is 0.692. The molecule has 0 fully saturated rings. The van der Waals surface area contributed by atoms with Gasteiger partial charge in [-0.25, -0.2) is 0 Å². The van der Waals surface area contributed by atoms with Crippen molar-refractivity contribution < 1.29 is 5.11 Å². The molecule has 0 aromatic heterocycles. The lowest BCUT2D eigenvalue weighted by Crippen LogP contribution is -2.36. The van der Waals surface area contributed by atoms with Gasteiger partial charge in [0.25, 0.3) is 0 Å². The van der Waals surface area contributed by atoms with Gasteiger partial charge in [0, 0.05) is 5.92 Å². The third kappa shape index (κ3) is 2.19. The van der Waals surface area contributed by atoms with Crippen LogP contribution in [0.15, 0.2) is 11.6 Å². The highest BCUT2D eigenvalue weighted by Gasteiger charge is 2.36. The van der Waals surface area contributed by atoms with Gasteiger partial charge < -0.3 is 5.11 Å². The summed E-state index contributed by atoms with van der Waals surface area (Å²) in [6, 6.07) is 0. The molecule has 0 heterocycles. The summed E-state index contributed by atoms with van der Waals surface area (Å²) in [6.07, 6.45) is 3.99. The van der Waals surface area contributed by atoms with Crippen LogP contribution in [0.1, 0.15) is 40.5 Å². The molecule has 1 N–H and O–H groups in total. The van der Waals surface area contributed by atoms with Crippen LogP contribution in [0, 0.1) is 23.2 Å². The first-order valence-corrected chi connectivity index (χ1v) is 5.26. The lowest BCUT2D eigenvalue weighted by molar-refractivity contribution is 0.0846. The zero-order chi connectivity index (χ0) is 10.8. The minimum atomic E-state index is -0.508. The van der Waals surface area contributed by atoms with Crippen LogP contribution < -0.4 is 0 Å². The van der Waals surface area contributed by atoms with E-state index in [1.54, 1.807) is 6.92 Å². The second-order valence-electron chi connectivity index (χ2n) is 4.79. The highest BCUT2D eigenvalue weighted by Crippen LogP contribution is 2.42. The van der Waals surface area contributed by atoms with Gasteiger partial charge in [0.15, 0.2) is 0 Å². The number of hydrogen-bond donors (Lipinski definition) is 1. The molecule has 0 saturated carbocycles. The summed E-state index contributed by atoms with van der Waals surface area (Å²) in [5.74, 6) is 5.86. The molecule has 0 bridgehead atoms. The Morgan fingerprint density at radius 1 is 1.57 bits per heavy atom. The van der Waals surface area contributed by atoms with E-state index in [2.05, 4.69) is 38.7 Å². The molecule has 0 amide bonds.